The van der Waals surface area contributed by atoms with Crippen molar-refractivity contribution in [2.75, 3.05) is 19.7 Å². The normalized spacial score (nSPS) is 18.2. The van der Waals surface area contributed by atoms with Gasteiger partial charge in [-0.05, 0) is 24.0 Å². The molecular weight excluding hydrogens is 258 g/mol. The number of benzene rings is 2. The average Bonchev–Trinajstić information content (AvgIpc) is 3.07. The van der Waals surface area contributed by atoms with Crippen molar-refractivity contribution in [2.24, 2.45) is 0 Å². The molecule has 1 saturated heterocycles. The maximum absolute atomic E-state index is 5.68. The van der Waals surface area contributed by atoms with Crippen molar-refractivity contribution in [3.8, 4) is 0 Å². The fourth-order valence-corrected chi connectivity index (χ4v) is 2.99. The average molecular weight is 281 g/mol. The van der Waals surface area contributed by atoms with E-state index in [0.29, 0.717) is 12.0 Å². The molecule has 0 saturated carbocycles. The monoisotopic (exact) mass is 281 g/mol. The molecule has 0 radical (unpaired) electrons. The molecule has 2 heteroatoms. The first-order chi connectivity index (χ1) is 10.4. The first-order valence-electron chi connectivity index (χ1n) is 7.85. The van der Waals surface area contributed by atoms with Gasteiger partial charge in [0.15, 0.2) is 0 Å². The van der Waals surface area contributed by atoms with Crippen molar-refractivity contribution in [1.82, 2.24) is 5.32 Å². The molecule has 1 N–H and O–H groups in total. The Labute approximate surface area is 127 Å². The minimum absolute atomic E-state index is 0.397. The van der Waals surface area contributed by atoms with Crippen LogP contribution in [0, 0.1) is 0 Å². The van der Waals surface area contributed by atoms with Crippen LogP contribution in [0.2, 0.25) is 0 Å². The van der Waals surface area contributed by atoms with Crippen LogP contribution in [0.3, 0.4) is 0 Å². The Morgan fingerprint density at radius 3 is 2.10 bits per heavy atom. The van der Waals surface area contributed by atoms with E-state index in [1.807, 2.05) is 0 Å². The fraction of sp³-hybridized carbons (Fsp3) is 0.368. The zero-order valence-electron chi connectivity index (χ0n) is 12.4. The van der Waals surface area contributed by atoms with Crippen LogP contribution in [0.25, 0.3) is 0 Å². The molecule has 2 aromatic carbocycles. The summed E-state index contributed by atoms with van der Waals surface area (Å²) in [6.45, 7) is 2.83. The third-order valence-corrected chi connectivity index (χ3v) is 4.15. The Morgan fingerprint density at radius 1 is 0.952 bits per heavy atom. The molecule has 110 valence electrons. The first-order valence-corrected chi connectivity index (χ1v) is 7.85. The maximum atomic E-state index is 5.68. The summed E-state index contributed by atoms with van der Waals surface area (Å²) in [5.74, 6) is 0.397. The lowest BCUT2D eigenvalue weighted by Crippen LogP contribution is -2.30. The molecule has 1 unspecified atom stereocenters. The van der Waals surface area contributed by atoms with E-state index in [0.717, 1.165) is 19.7 Å². The largest absolute Gasteiger partial charge is 0.377 e. The number of nitrogens with one attached hydrogen (secondary N) is 1. The molecule has 1 fully saturated rings. The molecule has 0 spiro atoms. The molecule has 2 nitrogen and oxygen atoms in total. The van der Waals surface area contributed by atoms with E-state index < -0.39 is 0 Å². The Kier molecular flexibility index (Phi) is 5.03. The van der Waals surface area contributed by atoms with E-state index in [2.05, 4.69) is 66.0 Å². The van der Waals surface area contributed by atoms with Gasteiger partial charge in [0.05, 0.1) is 6.10 Å². The molecule has 1 atom stereocenters. The predicted octanol–water partition coefficient (Wildman–Crippen LogP) is 3.59. The highest BCUT2D eigenvalue weighted by Crippen LogP contribution is 2.23. The number of hydrogen-bond donors (Lipinski definition) is 1. The lowest BCUT2D eigenvalue weighted by atomic mass is 9.91. The van der Waals surface area contributed by atoms with Crippen LogP contribution in [0.1, 0.15) is 29.9 Å². The number of hydrogen-bond acceptors (Lipinski definition) is 2. The van der Waals surface area contributed by atoms with Crippen LogP contribution in [-0.4, -0.2) is 25.8 Å². The molecule has 0 bridgehead atoms. The molecule has 1 aliphatic heterocycles. The Balaban J connectivity index is 1.67. The van der Waals surface area contributed by atoms with Crippen molar-refractivity contribution < 1.29 is 4.74 Å². The van der Waals surface area contributed by atoms with Gasteiger partial charge in [-0.1, -0.05) is 60.7 Å². The Morgan fingerprint density at radius 2 is 1.57 bits per heavy atom. The van der Waals surface area contributed by atoms with Crippen molar-refractivity contribution in [1.29, 1.82) is 0 Å². The molecule has 2 aromatic rings. The molecule has 1 heterocycles. The molecule has 3 rings (SSSR count). The standard InChI is InChI=1S/C19H23NO/c1-3-8-16(9-4-1)19(17-10-5-2-6-11-17)15-20-14-18-12-7-13-21-18/h1-6,8-11,18-20H,7,12-15H2. The molecule has 0 aliphatic carbocycles. The summed E-state index contributed by atoms with van der Waals surface area (Å²) in [5, 5.41) is 3.60. The van der Waals surface area contributed by atoms with Gasteiger partial charge in [0.1, 0.15) is 0 Å². The topological polar surface area (TPSA) is 21.3 Å². The SMILES string of the molecule is c1ccc(C(CNCC2CCCO2)c2ccccc2)cc1. The van der Waals surface area contributed by atoms with Gasteiger partial charge in [-0.25, -0.2) is 0 Å². The van der Waals surface area contributed by atoms with Crippen molar-refractivity contribution in [2.45, 2.75) is 24.9 Å². The van der Waals surface area contributed by atoms with Gasteiger partial charge < -0.3 is 10.1 Å². The van der Waals surface area contributed by atoms with Gasteiger partial charge in [0.2, 0.25) is 0 Å². The van der Waals surface area contributed by atoms with Crippen LogP contribution < -0.4 is 5.32 Å². The van der Waals surface area contributed by atoms with E-state index in [1.54, 1.807) is 0 Å². The number of ether oxygens (including phenoxy) is 1. The quantitative estimate of drug-likeness (QED) is 0.873. The zero-order chi connectivity index (χ0) is 14.3. The highest BCUT2D eigenvalue weighted by Gasteiger charge is 2.17. The second-order valence-corrected chi connectivity index (χ2v) is 5.67. The molecule has 0 aromatic heterocycles. The highest BCUT2D eigenvalue weighted by molar-refractivity contribution is 5.32. The molecule has 21 heavy (non-hydrogen) atoms. The summed E-state index contributed by atoms with van der Waals surface area (Å²) < 4.78 is 5.68. The Hall–Kier alpha value is -1.64. The van der Waals surface area contributed by atoms with E-state index >= 15 is 0 Å². The zero-order valence-corrected chi connectivity index (χ0v) is 12.4. The van der Waals surface area contributed by atoms with Crippen LogP contribution in [0.15, 0.2) is 60.7 Å². The lowest BCUT2D eigenvalue weighted by molar-refractivity contribution is 0.110. The van der Waals surface area contributed by atoms with Crippen LogP contribution in [-0.2, 0) is 4.74 Å². The van der Waals surface area contributed by atoms with Gasteiger partial charge in [0.25, 0.3) is 0 Å². The minimum atomic E-state index is 0.397. The maximum Gasteiger partial charge on any atom is 0.0700 e. The highest BCUT2D eigenvalue weighted by atomic mass is 16.5. The van der Waals surface area contributed by atoms with E-state index in [9.17, 15) is 0 Å². The van der Waals surface area contributed by atoms with Crippen molar-refractivity contribution >= 4 is 0 Å². The summed E-state index contributed by atoms with van der Waals surface area (Å²) in [6, 6.07) is 21.5. The van der Waals surface area contributed by atoms with E-state index in [-0.39, 0.29) is 0 Å². The van der Waals surface area contributed by atoms with Crippen molar-refractivity contribution in [3.63, 3.8) is 0 Å². The van der Waals surface area contributed by atoms with Gasteiger partial charge in [-0.2, -0.15) is 0 Å². The summed E-state index contributed by atoms with van der Waals surface area (Å²) in [5.41, 5.74) is 2.73. The fourth-order valence-electron chi connectivity index (χ4n) is 2.99. The van der Waals surface area contributed by atoms with Gasteiger partial charge in [-0.3, -0.25) is 0 Å². The lowest BCUT2D eigenvalue weighted by Gasteiger charge is -2.20. The van der Waals surface area contributed by atoms with Gasteiger partial charge >= 0.3 is 0 Å². The van der Waals surface area contributed by atoms with E-state index in [1.165, 1.54) is 24.0 Å². The number of rotatable bonds is 6. The van der Waals surface area contributed by atoms with Crippen LogP contribution in [0.4, 0.5) is 0 Å². The van der Waals surface area contributed by atoms with Crippen LogP contribution >= 0.6 is 0 Å². The minimum Gasteiger partial charge on any atom is -0.377 e. The van der Waals surface area contributed by atoms with Crippen LogP contribution in [0.5, 0.6) is 0 Å². The second-order valence-electron chi connectivity index (χ2n) is 5.67. The molecule has 1 aliphatic rings. The van der Waals surface area contributed by atoms with Gasteiger partial charge in [-0.15, -0.1) is 0 Å². The van der Waals surface area contributed by atoms with Crippen molar-refractivity contribution in [3.05, 3.63) is 71.8 Å². The molecule has 0 amide bonds. The summed E-state index contributed by atoms with van der Waals surface area (Å²) >= 11 is 0. The van der Waals surface area contributed by atoms with E-state index in [4.69, 9.17) is 4.74 Å². The smallest absolute Gasteiger partial charge is 0.0700 e. The Bertz CT molecular complexity index is 480. The summed E-state index contributed by atoms with van der Waals surface area (Å²) in [4.78, 5) is 0. The first kappa shape index (κ1) is 14.3. The second kappa shape index (κ2) is 7.39. The third-order valence-electron chi connectivity index (χ3n) is 4.15. The summed E-state index contributed by atoms with van der Waals surface area (Å²) in [7, 11) is 0. The van der Waals surface area contributed by atoms with Gasteiger partial charge in [0, 0.05) is 25.6 Å². The predicted molar refractivity (Wildman–Crippen MR) is 86.6 cm³/mol. The molecular formula is C19H23NO. The summed E-state index contributed by atoms with van der Waals surface area (Å²) in [6.07, 6.45) is 2.79. The third kappa shape index (κ3) is 3.93.